The minimum atomic E-state index is 0.547. The van der Waals surface area contributed by atoms with Gasteiger partial charge in [-0.15, -0.1) is 0 Å². The highest BCUT2D eigenvalue weighted by Gasteiger charge is 2.21. The minimum absolute atomic E-state index is 0.547. The molecule has 6 nitrogen and oxygen atoms in total. The molecule has 3 heterocycles. The second-order valence-corrected chi connectivity index (χ2v) is 7.61. The van der Waals surface area contributed by atoms with Gasteiger partial charge in [-0.1, -0.05) is 19.8 Å². The van der Waals surface area contributed by atoms with Crippen LogP contribution in [0.2, 0.25) is 0 Å². The maximum absolute atomic E-state index is 5.25. The predicted molar refractivity (Wildman–Crippen MR) is 109 cm³/mol. The fourth-order valence-corrected chi connectivity index (χ4v) is 3.75. The van der Waals surface area contributed by atoms with Crippen molar-refractivity contribution in [3.8, 4) is 0 Å². The van der Waals surface area contributed by atoms with Crippen molar-refractivity contribution in [3.05, 3.63) is 6.07 Å². The summed E-state index contributed by atoms with van der Waals surface area (Å²) in [6.07, 6.45) is 7.62. The first-order valence-corrected chi connectivity index (χ1v) is 9.94. The van der Waals surface area contributed by atoms with E-state index >= 15 is 0 Å². The number of aromatic nitrogens is 2. The highest BCUT2D eigenvalue weighted by Crippen LogP contribution is 2.27. The number of nitrogens with zero attached hydrogens (tertiary/aromatic N) is 4. The van der Waals surface area contributed by atoms with Gasteiger partial charge in [-0.3, -0.25) is 0 Å². The molecule has 2 fully saturated rings. The van der Waals surface area contributed by atoms with Gasteiger partial charge in [0.25, 0.3) is 0 Å². The van der Waals surface area contributed by atoms with E-state index in [0.29, 0.717) is 17.0 Å². The van der Waals surface area contributed by atoms with Crippen molar-refractivity contribution in [1.82, 2.24) is 15.3 Å². The smallest absolute Gasteiger partial charge is 0.232 e. The highest BCUT2D eigenvalue weighted by atomic mass is 32.1. The third-order valence-electron chi connectivity index (χ3n) is 5.06. The maximum Gasteiger partial charge on any atom is 0.232 e. The zero-order valence-electron chi connectivity index (χ0n) is 15.4. The van der Waals surface area contributed by atoms with Gasteiger partial charge in [-0.2, -0.15) is 9.97 Å². The topological polar surface area (TPSA) is 56.3 Å². The number of rotatable bonds is 3. The zero-order chi connectivity index (χ0) is 17.6. The molecule has 1 aromatic rings. The molecule has 0 spiro atoms. The summed E-state index contributed by atoms with van der Waals surface area (Å²) in [5, 5.41) is 6.61. The van der Waals surface area contributed by atoms with Crippen molar-refractivity contribution in [2.24, 2.45) is 5.92 Å². The molecule has 0 amide bonds. The van der Waals surface area contributed by atoms with Crippen LogP contribution in [-0.2, 0) is 0 Å². The number of hydrogen-bond donors (Lipinski definition) is 2. The lowest BCUT2D eigenvalue weighted by Gasteiger charge is -2.33. The van der Waals surface area contributed by atoms with Crippen LogP contribution in [0.1, 0.15) is 45.4 Å². The number of piperidine rings is 1. The van der Waals surface area contributed by atoms with Crippen LogP contribution >= 0.6 is 12.2 Å². The van der Waals surface area contributed by atoms with Crippen LogP contribution in [0.5, 0.6) is 0 Å². The maximum atomic E-state index is 5.25. The third kappa shape index (κ3) is 4.93. The van der Waals surface area contributed by atoms with Gasteiger partial charge in [-0.25, -0.2) is 0 Å². The van der Waals surface area contributed by atoms with E-state index in [-0.39, 0.29) is 0 Å². The van der Waals surface area contributed by atoms with Gasteiger partial charge >= 0.3 is 0 Å². The highest BCUT2D eigenvalue weighted by molar-refractivity contribution is 7.80. The molecule has 2 aliphatic heterocycles. The molecule has 0 aliphatic carbocycles. The molecule has 1 aromatic heterocycles. The molecule has 1 unspecified atom stereocenters. The molecule has 138 valence electrons. The summed E-state index contributed by atoms with van der Waals surface area (Å²) >= 11 is 5.25. The summed E-state index contributed by atoms with van der Waals surface area (Å²) in [6.45, 7) is 6.59. The third-order valence-corrected chi connectivity index (χ3v) is 5.37. The summed E-state index contributed by atoms with van der Waals surface area (Å²) < 4.78 is 0. The Labute approximate surface area is 156 Å². The number of thiocarbonyl (C=S) groups is 1. The first-order chi connectivity index (χ1) is 12.2. The van der Waals surface area contributed by atoms with E-state index in [0.717, 1.165) is 37.8 Å². The molecule has 0 bridgehead atoms. The molecule has 3 rings (SSSR count). The first kappa shape index (κ1) is 18.2. The lowest BCUT2D eigenvalue weighted by Crippen LogP contribution is -2.36. The van der Waals surface area contributed by atoms with Crippen LogP contribution in [0.25, 0.3) is 0 Å². The lowest BCUT2D eigenvalue weighted by atomic mass is 10.0. The average molecular weight is 363 g/mol. The van der Waals surface area contributed by atoms with Gasteiger partial charge in [0.15, 0.2) is 5.11 Å². The van der Waals surface area contributed by atoms with Crippen molar-refractivity contribution in [2.45, 2.75) is 45.4 Å². The molecule has 7 heteroatoms. The first-order valence-electron chi connectivity index (χ1n) is 9.53. The van der Waals surface area contributed by atoms with Gasteiger partial charge < -0.3 is 20.4 Å². The fraction of sp³-hybridized carbons (Fsp3) is 0.722. The van der Waals surface area contributed by atoms with Gasteiger partial charge in [-0.05, 0) is 43.8 Å². The molecule has 2 N–H and O–H groups in total. The predicted octanol–water partition coefficient (Wildman–Crippen LogP) is 3.01. The van der Waals surface area contributed by atoms with E-state index in [1.807, 2.05) is 0 Å². The van der Waals surface area contributed by atoms with Gasteiger partial charge in [0.1, 0.15) is 11.6 Å². The van der Waals surface area contributed by atoms with E-state index in [4.69, 9.17) is 22.2 Å². The van der Waals surface area contributed by atoms with Crippen LogP contribution in [0.15, 0.2) is 6.07 Å². The van der Waals surface area contributed by atoms with Crippen molar-refractivity contribution < 1.29 is 0 Å². The van der Waals surface area contributed by atoms with E-state index in [9.17, 15) is 0 Å². The fourth-order valence-electron chi connectivity index (χ4n) is 3.66. The SMILES string of the molecule is CNC(=S)Nc1nc(N2CCCCCC2)cc(N2CCCC(C)C2)n1. The van der Waals surface area contributed by atoms with Gasteiger partial charge in [0, 0.05) is 39.3 Å². The van der Waals surface area contributed by atoms with Crippen molar-refractivity contribution >= 4 is 34.9 Å². The number of anilines is 3. The Morgan fingerprint density at radius 3 is 2.32 bits per heavy atom. The molecule has 0 saturated carbocycles. The summed E-state index contributed by atoms with van der Waals surface area (Å²) in [6, 6.07) is 2.16. The summed E-state index contributed by atoms with van der Waals surface area (Å²) in [5.74, 6) is 3.34. The summed E-state index contributed by atoms with van der Waals surface area (Å²) in [5.41, 5.74) is 0. The Kier molecular flexibility index (Phi) is 6.29. The molecule has 25 heavy (non-hydrogen) atoms. The summed E-state index contributed by atoms with van der Waals surface area (Å²) in [7, 11) is 1.81. The van der Waals surface area contributed by atoms with Crippen LogP contribution < -0.4 is 20.4 Å². The Bertz CT molecular complexity index is 565. The van der Waals surface area contributed by atoms with E-state index in [1.165, 1.54) is 38.5 Å². The van der Waals surface area contributed by atoms with E-state index in [2.05, 4.69) is 33.4 Å². The second kappa shape index (κ2) is 8.65. The quantitative estimate of drug-likeness (QED) is 0.802. The molecule has 2 saturated heterocycles. The summed E-state index contributed by atoms with van der Waals surface area (Å²) in [4.78, 5) is 14.3. The van der Waals surface area contributed by atoms with Crippen LogP contribution in [0, 0.1) is 5.92 Å². The van der Waals surface area contributed by atoms with Crippen LogP contribution in [0.3, 0.4) is 0 Å². The number of nitrogens with one attached hydrogen (secondary N) is 2. The van der Waals surface area contributed by atoms with Crippen molar-refractivity contribution in [3.63, 3.8) is 0 Å². The molecular weight excluding hydrogens is 332 g/mol. The Morgan fingerprint density at radius 1 is 1.04 bits per heavy atom. The molecule has 1 atom stereocenters. The Morgan fingerprint density at radius 2 is 1.68 bits per heavy atom. The van der Waals surface area contributed by atoms with Gasteiger partial charge in [0.2, 0.25) is 5.95 Å². The second-order valence-electron chi connectivity index (χ2n) is 7.21. The Hall–Kier alpha value is -1.63. The molecule has 2 aliphatic rings. The molecular formula is C18H30N6S. The molecule has 0 radical (unpaired) electrons. The van der Waals surface area contributed by atoms with Crippen LogP contribution in [0.4, 0.5) is 17.6 Å². The monoisotopic (exact) mass is 362 g/mol. The lowest BCUT2D eigenvalue weighted by molar-refractivity contribution is 0.444. The van der Waals surface area contributed by atoms with E-state index in [1.54, 1.807) is 7.05 Å². The van der Waals surface area contributed by atoms with Crippen molar-refractivity contribution in [1.29, 1.82) is 0 Å². The molecule has 0 aromatic carbocycles. The number of hydrogen-bond acceptors (Lipinski definition) is 5. The zero-order valence-corrected chi connectivity index (χ0v) is 16.2. The van der Waals surface area contributed by atoms with Crippen molar-refractivity contribution in [2.75, 3.05) is 48.3 Å². The average Bonchev–Trinajstić information content (AvgIpc) is 2.91. The largest absolute Gasteiger partial charge is 0.365 e. The standard InChI is InChI=1S/C18H30N6S/c1-14-8-7-11-24(13-14)16-12-15(23-9-5-3-4-6-10-23)20-17(21-16)22-18(25)19-2/h12,14H,3-11,13H2,1-2H3,(H2,19,20,21,22,25). The van der Waals surface area contributed by atoms with Crippen LogP contribution in [-0.4, -0.2) is 48.3 Å². The Balaban J connectivity index is 1.88. The van der Waals surface area contributed by atoms with E-state index < -0.39 is 0 Å². The minimum Gasteiger partial charge on any atom is -0.365 e. The normalized spacial score (nSPS) is 21.6. The van der Waals surface area contributed by atoms with Gasteiger partial charge in [0.05, 0.1) is 0 Å².